The van der Waals surface area contributed by atoms with Crippen molar-refractivity contribution >= 4 is 47.4 Å². The molecule has 0 aliphatic rings. The smallest absolute Gasteiger partial charge is 0.214 e. The zero-order valence-corrected chi connectivity index (χ0v) is 18.3. The first-order valence-corrected chi connectivity index (χ1v) is 10.2. The van der Waals surface area contributed by atoms with Crippen molar-refractivity contribution in [3.63, 3.8) is 0 Å². The lowest BCUT2D eigenvalue weighted by Crippen LogP contribution is -2.17. The van der Waals surface area contributed by atoms with E-state index in [0.29, 0.717) is 28.9 Å². The Kier molecular flexibility index (Phi) is 9.34. The van der Waals surface area contributed by atoms with Crippen LogP contribution in [-0.4, -0.2) is 39.1 Å². The molecule has 0 saturated heterocycles. The lowest BCUT2D eigenvalue weighted by molar-refractivity contribution is 0.340. The number of hydrogen-bond acceptors (Lipinski definition) is 6. The summed E-state index contributed by atoms with van der Waals surface area (Å²) in [4.78, 5) is 0. The van der Waals surface area contributed by atoms with Crippen LogP contribution in [0.15, 0.2) is 47.6 Å². The number of halogens is 3. The standard InChI is InChI=1S/C18H19Cl2N5OS.ClH/c1-2-26-17-15(19)10-13(11-16(17)20)12-21-8-9-27-18-22-23-24-25(18)14-6-4-3-5-7-14;/h3-7,10-11,21H,2,8-9,12H2,1H3;1H. The van der Waals surface area contributed by atoms with E-state index in [1.165, 1.54) is 0 Å². The lowest BCUT2D eigenvalue weighted by atomic mass is 10.2. The number of nitrogens with zero attached hydrogens (tertiary/aromatic N) is 4. The van der Waals surface area contributed by atoms with Crippen LogP contribution in [0.4, 0.5) is 0 Å². The molecule has 0 fully saturated rings. The minimum atomic E-state index is 0. The fourth-order valence-electron chi connectivity index (χ4n) is 2.44. The zero-order valence-electron chi connectivity index (χ0n) is 15.1. The molecule has 2 aromatic carbocycles. The molecule has 0 radical (unpaired) electrons. The molecule has 1 heterocycles. The second-order valence-corrected chi connectivity index (χ2v) is 7.43. The molecule has 0 amide bonds. The van der Waals surface area contributed by atoms with Gasteiger partial charge in [-0.2, -0.15) is 4.68 Å². The van der Waals surface area contributed by atoms with E-state index in [2.05, 4.69) is 20.8 Å². The van der Waals surface area contributed by atoms with Gasteiger partial charge in [-0.25, -0.2) is 0 Å². The number of para-hydroxylation sites is 1. The van der Waals surface area contributed by atoms with Crippen LogP contribution in [0, 0.1) is 0 Å². The van der Waals surface area contributed by atoms with Crippen molar-refractivity contribution in [3.05, 3.63) is 58.1 Å². The number of hydrogen-bond donors (Lipinski definition) is 1. The Balaban J connectivity index is 0.00000280. The van der Waals surface area contributed by atoms with E-state index in [1.54, 1.807) is 16.4 Å². The molecular formula is C18H20Cl3N5OS. The summed E-state index contributed by atoms with van der Waals surface area (Å²) >= 11 is 14.1. The number of benzene rings is 2. The highest BCUT2D eigenvalue weighted by atomic mass is 35.5. The molecule has 0 unspecified atom stereocenters. The minimum absolute atomic E-state index is 0. The Hall–Kier alpha value is -1.51. The molecule has 0 spiro atoms. The van der Waals surface area contributed by atoms with Crippen molar-refractivity contribution < 1.29 is 4.74 Å². The molecule has 0 bridgehead atoms. The molecule has 0 saturated carbocycles. The van der Waals surface area contributed by atoms with Gasteiger partial charge in [0, 0.05) is 18.8 Å². The van der Waals surface area contributed by atoms with Crippen LogP contribution < -0.4 is 10.1 Å². The highest BCUT2D eigenvalue weighted by Gasteiger charge is 2.10. The molecule has 28 heavy (non-hydrogen) atoms. The van der Waals surface area contributed by atoms with Crippen LogP contribution >= 0.6 is 47.4 Å². The molecule has 3 aromatic rings. The van der Waals surface area contributed by atoms with Crippen LogP contribution in [0.5, 0.6) is 5.75 Å². The highest BCUT2D eigenvalue weighted by Crippen LogP contribution is 2.34. The van der Waals surface area contributed by atoms with Gasteiger partial charge in [0.15, 0.2) is 5.75 Å². The van der Waals surface area contributed by atoms with Crippen molar-refractivity contribution in [1.82, 2.24) is 25.5 Å². The Morgan fingerprint density at radius 1 is 1.14 bits per heavy atom. The van der Waals surface area contributed by atoms with Crippen LogP contribution in [0.25, 0.3) is 5.69 Å². The summed E-state index contributed by atoms with van der Waals surface area (Å²) in [7, 11) is 0. The fourth-order valence-corrected chi connectivity index (χ4v) is 3.87. The van der Waals surface area contributed by atoms with E-state index in [1.807, 2.05) is 49.4 Å². The number of nitrogens with one attached hydrogen (secondary N) is 1. The van der Waals surface area contributed by atoms with Crippen LogP contribution in [0.2, 0.25) is 10.0 Å². The first kappa shape index (κ1) is 22.8. The molecule has 10 heteroatoms. The summed E-state index contributed by atoms with van der Waals surface area (Å²) in [5, 5.41) is 17.1. The Morgan fingerprint density at radius 2 is 1.86 bits per heavy atom. The number of tetrazole rings is 1. The maximum Gasteiger partial charge on any atom is 0.214 e. The second kappa shape index (κ2) is 11.5. The van der Waals surface area contributed by atoms with Gasteiger partial charge in [-0.3, -0.25) is 0 Å². The number of thioether (sulfide) groups is 1. The van der Waals surface area contributed by atoms with Crippen molar-refractivity contribution in [1.29, 1.82) is 0 Å². The Bertz CT molecular complexity index is 856. The van der Waals surface area contributed by atoms with Gasteiger partial charge in [0.05, 0.1) is 22.3 Å². The van der Waals surface area contributed by atoms with Crippen molar-refractivity contribution in [2.45, 2.75) is 18.6 Å². The number of rotatable bonds is 9. The van der Waals surface area contributed by atoms with E-state index < -0.39 is 0 Å². The van der Waals surface area contributed by atoms with Gasteiger partial charge in [0.25, 0.3) is 0 Å². The van der Waals surface area contributed by atoms with Gasteiger partial charge < -0.3 is 10.1 Å². The van der Waals surface area contributed by atoms with Crippen LogP contribution in [-0.2, 0) is 6.54 Å². The molecule has 6 nitrogen and oxygen atoms in total. The van der Waals surface area contributed by atoms with E-state index >= 15 is 0 Å². The quantitative estimate of drug-likeness (QED) is 0.370. The predicted molar refractivity (Wildman–Crippen MR) is 116 cm³/mol. The van der Waals surface area contributed by atoms with Gasteiger partial charge in [-0.1, -0.05) is 53.2 Å². The third kappa shape index (κ3) is 5.99. The molecule has 1 aromatic heterocycles. The third-order valence-electron chi connectivity index (χ3n) is 3.63. The molecule has 150 valence electrons. The Morgan fingerprint density at radius 3 is 2.54 bits per heavy atom. The summed E-state index contributed by atoms with van der Waals surface area (Å²) in [6, 6.07) is 13.6. The topological polar surface area (TPSA) is 64.9 Å². The maximum atomic E-state index is 6.23. The first-order valence-electron chi connectivity index (χ1n) is 8.47. The molecule has 0 aliphatic carbocycles. The number of ether oxygens (including phenoxy) is 1. The van der Waals surface area contributed by atoms with Gasteiger partial charge in [0.1, 0.15) is 0 Å². The summed E-state index contributed by atoms with van der Waals surface area (Å²) in [6.07, 6.45) is 0. The normalized spacial score (nSPS) is 10.5. The summed E-state index contributed by atoms with van der Waals surface area (Å²) in [6.45, 7) is 3.87. The van der Waals surface area contributed by atoms with Crippen molar-refractivity contribution in [2.24, 2.45) is 0 Å². The SMILES string of the molecule is CCOc1c(Cl)cc(CNCCSc2nnnn2-c2ccccc2)cc1Cl.Cl. The first-order chi connectivity index (χ1) is 13.2. The van der Waals surface area contributed by atoms with E-state index in [0.717, 1.165) is 28.7 Å². The lowest BCUT2D eigenvalue weighted by Gasteiger charge is -2.11. The van der Waals surface area contributed by atoms with E-state index in [9.17, 15) is 0 Å². The van der Waals surface area contributed by atoms with E-state index in [-0.39, 0.29) is 12.4 Å². The summed E-state index contributed by atoms with van der Waals surface area (Å²) in [5.74, 6) is 1.36. The average Bonchev–Trinajstić information content (AvgIpc) is 3.14. The van der Waals surface area contributed by atoms with Gasteiger partial charge in [0.2, 0.25) is 5.16 Å². The van der Waals surface area contributed by atoms with Crippen LogP contribution in [0.1, 0.15) is 12.5 Å². The molecule has 0 atom stereocenters. The Labute approximate surface area is 184 Å². The van der Waals surface area contributed by atoms with Gasteiger partial charge >= 0.3 is 0 Å². The fraction of sp³-hybridized carbons (Fsp3) is 0.278. The second-order valence-electron chi connectivity index (χ2n) is 5.56. The monoisotopic (exact) mass is 459 g/mol. The van der Waals surface area contributed by atoms with Crippen molar-refractivity contribution in [3.8, 4) is 11.4 Å². The van der Waals surface area contributed by atoms with Gasteiger partial charge in [-0.05, 0) is 47.2 Å². The van der Waals surface area contributed by atoms with E-state index in [4.69, 9.17) is 27.9 Å². The highest BCUT2D eigenvalue weighted by molar-refractivity contribution is 7.99. The molecule has 1 N–H and O–H groups in total. The summed E-state index contributed by atoms with van der Waals surface area (Å²) in [5.41, 5.74) is 1.95. The molecule has 3 rings (SSSR count). The molecular weight excluding hydrogens is 441 g/mol. The largest absolute Gasteiger partial charge is 0.491 e. The number of aromatic nitrogens is 4. The zero-order chi connectivity index (χ0) is 19.1. The van der Waals surface area contributed by atoms with Gasteiger partial charge in [-0.15, -0.1) is 17.5 Å². The summed E-state index contributed by atoms with van der Waals surface area (Å²) < 4.78 is 7.18. The van der Waals surface area contributed by atoms with Crippen molar-refractivity contribution in [2.75, 3.05) is 18.9 Å². The predicted octanol–water partition coefficient (Wildman–Crippen LogP) is 4.67. The van der Waals surface area contributed by atoms with Crippen LogP contribution in [0.3, 0.4) is 0 Å². The maximum absolute atomic E-state index is 6.23. The third-order valence-corrected chi connectivity index (χ3v) is 5.11. The molecule has 0 aliphatic heterocycles. The average molecular weight is 461 g/mol. The minimum Gasteiger partial charge on any atom is -0.491 e.